The summed E-state index contributed by atoms with van der Waals surface area (Å²) in [5, 5.41) is 3.23. The number of hydrogen-bond acceptors (Lipinski definition) is 5. The Morgan fingerprint density at radius 1 is 1.16 bits per heavy atom. The van der Waals surface area contributed by atoms with Crippen molar-refractivity contribution in [3.63, 3.8) is 0 Å². The van der Waals surface area contributed by atoms with Gasteiger partial charge in [0, 0.05) is 26.2 Å². The summed E-state index contributed by atoms with van der Waals surface area (Å²) in [5.41, 5.74) is 1.53. The second-order valence-electron chi connectivity index (χ2n) is 9.79. The molecule has 1 N–H and O–H groups in total. The number of amides is 2. The quantitative estimate of drug-likeness (QED) is 0.567. The number of ether oxygens (including phenoxy) is 1. The molecule has 2 atom stereocenters. The van der Waals surface area contributed by atoms with Gasteiger partial charge in [0.05, 0.1) is 47.7 Å². The van der Waals surface area contributed by atoms with Crippen LogP contribution in [0.3, 0.4) is 0 Å². The third-order valence-electron chi connectivity index (χ3n) is 7.22. The fourth-order valence-corrected chi connectivity index (χ4v) is 5.25. The van der Waals surface area contributed by atoms with Crippen LogP contribution >= 0.6 is 11.6 Å². The summed E-state index contributed by atoms with van der Waals surface area (Å²) in [6, 6.07) is 3.59. The number of aromatic nitrogens is 1. The molecule has 198 valence electrons. The molecule has 7 nitrogen and oxygen atoms in total. The molecular formula is C25H25ClF4N4O3. The van der Waals surface area contributed by atoms with Crippen LogP contribution in [-0.4, -0.2) is 72.2 Å². The molecule has 3 heterocycles. The van der Waals surface area contributed by atoms with Crippen LogP contribution in [0, 0.1) is 17.7 Å². The minimum absolute atomic E-state index is 0.0523. The van der Waals surface area contributed by atoms with Crippen LogP contribution in [0.5, 0.6) is 0 Å². The van der Waals surface area contributed by atoms with Crippen LogP contribution in [0.4, 0.5) is 23.2 Å². The lowest BCUT2D eigenvalue weighted by atomic mass is 9.94. The number of halogens is 5. The summed E-state index contributed by atoms with van der Waals surface area (Å²) in [4.78, 5) is 31.2. The highest BCUT2D eigenvalue weighted by Crippen LogP contribution is 2.38. The number of likely N-dealkylation sites (tertiary alicyclic amines) is 1. The predicted octanol–water partition coefficient (Wildman–Crippen LogP) is 3.62. The number of alkyl halides is 3. The summed E-state index contributed by atoms with van der Waals surface area (Å²) >= 11 is 5.86. The molecule has 2 fully saturated rings. The van der Waals surface area contributed by atoms with Crippen molar-refractivity contribution < 1.29 is 31.9 Å². The number of benzene rings is 1. The maximum absolute atomic E-state index is 14.3. The average Bonchev–Trinajstić information content (AvgIpc) is 3.17. The Bertz CT molecular complexity index is 1200. The van der Waals surface area contributed by atoms with Crippen molar-refractivity contribution in [3.05, 3.63) is 58.1 Å². The molecule has 1 unspecified atom stereocenters. The number of carbonyl (C=O) groups is 2. The summed E-state index contributed by atoms with van der Waals surface area (Å²) in [5.74, 6) is -2.20. The second kappa shape index (κ2) is 9.75. The molecular weight excluding hydrogens is 516 g/mol. The summed E-state index contributed by atoms with van der Waals surface area (Å²) in [7, 11) is 1.11. The number of nitrogens with zero attached hydrogens (tertiary/aromatic N) is 3. The first-order valence-corrected chi connectivity index (χ1v) is 12.3. The molecule has 12 heteroatoms. The maximum atomic E-state index is 14.3. The third-order valence-corrected chi connectivity index (χ3v) is 7.51. The van der Waals surface area contributed by atoms with Crippen LogP contribution in [-0.2, 0) is 27.2 Å². The fraction of sp³-hybridized carbons (Fsp3) is 0.480. The van der Waals surface area contributed by atoms with Crippen LogP contribution in [0.1, 0.15) is 22.9 Å². The van der Waals surface area contributed by atoms with Crippen molar-refractivity contribution in [2.75, 3.05) is 38.7 Å². The molecule has 0 bridgehead atoms. The van der Waals surface area contributed by atoms with E-state index in [1.54, 1.807) is 6.07 Å². The number of rotatable bonds is 6. The first-order valence-electron chi connectivity index (χ1n) is 11.9. The molecule has 0 saturated carbocycles. The van der Waals surface area contributed by atoms with Gasteiger partial charge in [0.25, 0.3) is 0 Å². The van der Waals surface area contributed by atoms with Crippen molar-refractivity contribution in [2.45, 2.75) is 31.1 Å². The molecule has 3 aliphatic rings. The van der Waals surface area contributed by atoms with E-state index < -0.39 is 29.9 Å². The number of hydrogen-bond donors (Lipinski definition) is 1. The SMILES string of the molecule is CN(C(=O)C1CN(C(=O)C2COC2)C1)[C@@H](c1ccc(NC2Cc3ccc(Cl)c(F)c3C2)cn1)C(F)(F)F. The van der Waals surface area contributed by atoms with Gasteiger partial charge in [-0.2, -0.15) is 13.2 Å². The Morgan fingerprint density at radius 3 is 2.49 bits per heavy atom. The smallest absolute Gasteiger partial charge is 0.380 e. The van der Waals surface area contributed by atoms with E-state index in [9.17, 15) is 27.2 Å². The number of fused-ring (bicyclic) bond motifs is 1. The molecule has 2 saturated heterocycles. The van der Waals surface area contributed by atoms with Crippen molar-refractivity contribution in [1.82, 2.24) is 14.8 Å². The minimum Gasteiger partial charge on any atom is -0.380 e. The zero-order valence-corrected chi connectivity index (χ0v) is 20.7. The van der Waals surface area contributed by atoms with E-state index >= 15 is 0 Å². The van der Waals surface area contributed by atoms with Gasteiger partial charge < -0.3 is 19.9 Å². The van der Waals surface area contributed by atoms with Gasteiger partial charge in [-0.05, 0) is 42.2 Å². The third kappa shape index (κ3) is 4.98. The van der Waals surface area contributed by atoms with E-state index in [0.29, 0.717) is 42.2 Å². The van der Waals surface area contributed by atoms with Gasteiger partial charge in [-0.25, -0.2) is 4.39 Å². The summed E-state index contributed by atoms with van der Waals surface area (Å²) in [6.45, 7) is 0.850. The van der Waals surface area contributed by atoms with E-state index in [-0.39, 0.29) is 41.7 Å². The molecule has 2 amide bonds. The van der Waals surface area contributed by atoms with E-state index in [1.165, 1.54) is 29.3 Å². The van der Waals surface area contributed by atoms with E-state index in [1.807, 2.05) is 0 Å². The van der Waals surface area contributed by atoms with Gasteiger partial charge in [-0.3, -0.25) is 14.6 Å². The molecule has 2 aromatic rings. The molecule has 1 aliphatic carbocycles. The molecule has 0 radical (unpaired) electrons. The van der Waals surface area contributed by atoms with Gasteiger partial charge in [0.1, 0.15) is 5.82 Å². The van der Waals surface area contributed by atoms with Gasteiger partial charge in [-0.15, -0.1) is 0 Å². The zero-order chi connectivity index (χ0) is 26.5. The monoisotopic (exact) mass is 540 g/mol. The van der Waals surface area contributed by atoms with Gasteiger partial charge in [-0.1, -0.05) is 17.7 Å². The second-order valence-corrected chi connectivity index (χ2v) is 10.2. The summed E-state index contributed by atoms with van der Waals surface area (Å²) < 4.78 is 61.4. The lowest BCUT2D eigenvalue weighted by Gasteiger charge is -2.43. The number of anilines is 1. The molecule has 1 aromatic heterocycles. The number of carbonyl (C=O) groups excluding carboxylic acids is 2. The lowest BCUT2D eigenvalue weighted by Crippen LogP contribution is -2.59. The number of pyridine rings is 1. The van der Waals surface area contributed by atoms with Crippen LogP contribution < -0.4 is 5.32 Å². The Hall–Kier alpha value is -2.92. The Balaban J connectivity index is 1.23. The minimum atomic E-state index is -4.75. The first kappa shape index (κ1) is 25.7. The van der Waals surface area contributed by atoms with Crippen LogP contribution in [0.15, 0.2) is 30.5 Å². The largest absolute Gasteiger partial charge is 0.414 e. The van der Waals surface area contributed by atoms with E-state index in [2.05, 4.69) is 10.3 Å². The molecule has 5 rings (SSSR count). The molecule has 2 aliphatic heterocycles. The Morgan fingerprint density at radius 2 is 1.89 bits per heavy atom. The topological polar surface area (TPSA) is 74.8 Å². The van der Waals surface area contributed by atoms with Crippen molar-refractivity contribution in [3.8, 4) is 0 Å². The van der Waals surface area contributed by atoms with Gasteiger partial charge in [0.2, 0.25) is 11.8 Å². The molecule has 1 aromatic carbocycles. The van der Waals surface area contributed by atoms with Crippen LogP contribution in [0.2, 0.25) is 5.02 Å². The Kier molecular flexibility index (Phi) is 6.78. The molecule has 0 spiro atoms. The average molecular weight is 541 g/mol. The number of nitrogens with one attached hydrogen (secondary N) is 1. The Labute approximate surface area is 215 Å². The fourth-order valence-electron chi connectivity index (χ4n) is 5.07. The highest BCUT2D eigenvalue weighted by molar-refractivity contribution is 6.30. The van der Waals surface area contributed by atoms with Crippen molar-refractivity contribution >= 4 is 29.1 Å². The van der Waals surface area contributed by atoms with Gasteiger partial charge >= 0.3 is 6.18 Å². The molecule has 37 heavy (non-hydrogen) atoms. The van der Waals surface area contributed by atoms with E-state index in [0.717, 1.165) is 12.6 Å². The highest BCUT2D eigenvalue weighted by atomic mass is 35.5. The van der Waals surface area contributed by atoms with E-state index in [4.69, 9.17) is 16.3 Å². The van der Waals surface area contributed by atoms with Crippen molar-refractivity contribution in [2.24, 2.45) is 11.8 Å². The predicted molar refractivity (Wildman–Crippen MR) is 126 cm³/mol. The lowest BCUT2D eigenvalue weighted by molar-refractivity contribution is -0.194. The summed E-state index contributed by atoms with van der Waals surface area (Å²) in [6.07, 6.45) is -2.54. The van der Waals surface area contributed by atoms with Crippen LogP contribution in [0.25, 0.3) is 0 Å². The first-order chi connectivity index (χ1) is 17.5. The standard InChI is InChI=1S/C25H25ClF4N4O3/c1-33(23(35)14-9-34(10-14)24(36)15-11-37-12-15)22(25(28,29)30)20-5-3-16(8-31-20)32-17-6-13-2-4-19(26)21(27)18(13)7-17/h2-5,8,14-15,17,22,32H,6-7,9-12H2,1H3/t17?,22-/m0/s1. The maximum Gasteiger partial charge on any atom is 0.414 e. The zero-order valence-electron chi connectivity index (χ0n) is 19.9. The van der Waals surface area contributed by atoms with Crippen molar-refractivity contribution in [1.29, 1.82) is 0 Å². The van der Waals surface area contributed by atoms with Gasteiger partial charge in [0.15, 0.2) is 6.04 Å². The normalized spacial score (nSPS) is 20.6. The highest BCUT2D eigenvalue weighted by Gasteiger charge is 2.49.